The maximum atomic E-state index is 13.8. The SMILES string of the molecule is Cc1ccc(C)c(S(=O)(=O)C2(C(=O)N3CCN(CC(=O)NC4CC4)CC3)CCCC2)c1. The molecule has 1 aromatic carbocycles. The molecule has 2 saturated carbocycles. The Balaban J connectivity index is 1.49. The maximum Gasteiger partial charge on any atom is 0.244 e. The molecule has 3 aliphatic rings. The molecule has 8 heteroatoms. The van der Waals surface area contributed by atoms with Gasteiger partial charge in [0.25, 0.3) is 0 Å². The highest BCUT2D eigenvalue weighted by Gasteiger charge is 2.55. The molecule has 170 valence electrons. The number of benzene rings is 1. The first kappa shape index (κ1) is 22.3. The van der Waals surface area contributed by atoms with Crippen molar-refractivity contribution in [1.82, 2.24) is 15.1 Å². The Labute approximate surface area is 185 Å². The van der Waals surface area contributed by atoms with Crippen LogP contribution in [0.5, 0.6) is 0 Å². The number of hydrogen-bond donors (Lipinski definition) is 1. The van der Waals surface area contributed by atoms with Crippen LogP contribution in [-0.2, 0) is 19.4 Å². The van der Waals surface area contributed by atoms with Crippen LogP contribution in [0.15, 0.2) is 23.1 Å². The van der Waals surface area contributed by atoms with Crippen molar-refractivity contribution in [3.8, 4) is 0 Å². The number of rotatable bonds is 6. The molecule has 1 saturated heterocycles. The fraction of sp³-hybridized carbons (Fsp3) is 0.652. The second-order valence-corrected chi connectivity index (χ2v) is 11.6. The minimum Gasteiger partial charge on any atom is -0.352 e. The second kappa shape index (κ2) is 8.54. The van der Waals surface area contributed by atoms with Crippen LogP contribution >= 0.6 is 0 Å². The first-order valence-electron chi connectivity index (χ1n) is 11.4. The molecule has 1 N–H and O–H groups in total. The molecule has 0 spiro atoms. The van der Waals surface area contributed by atoms with E-state index in [1.54, 1.807) is 17.9 Å². The predicted molar refractivity (Wildman–Crippen MR) is 118 cm³/mol. The van der Waals surface area contributed by atoms with Gasteiger partial charge >= 0.3 is 0 Å². The predicted octanol–water partition coefficient (Wildman–Crippen LogP) is 1.81. The van der Waals surface area contributed by atoms with E-state index in [9.17, 15) is 18.0 Å². The van der Waals surface area contributed by atoms with E-state index < -0.39 is 14.6 Å². The number of hydrogen-bond acceptors (Lipinski definition) is 5. The van der Waals surface area contributed by atoms with E-state index in [1.165, 1.54) is 0 Å². The highest BCUT2D eigenvalue weighted by Crippen LogP contribution is 2.43. The molecule has 0 atom stereocenters. The number of nitrogens with zero attached hydrogens (tertiary/aromatic N) is 2. The Hall–Kier alpha value is -1.93. The summed E-state index contributed by atoms with van der Waals surface area (Å²) in [5.41, 5.74) is 1.57. The first-order chi connectivity index (χ1) is 14.7. The molecule has 31 heavy (non-hydrogen) atoms. The molecule has 1 heterocycles. The highest BCUT2D eigenvalue weighted by molar-refractivity contribution is 7.93. The van der Waals surface area contributed by atoms with Crippen LogP contribution in [0.4, 0.5) is 0 Å². The van der Waals surface area contributed by atoms with E-state index in [2.05, 4.69) is 5.32 Å². The normalized spacial score (nSPS) is 21.8. The van der Waals surface area contributed by atoms with Gasteiger partial charge in [0.2, 0.25) is 11.8 Å². The van der Waals surface area contributed by atoms with Gasteiger partial charge in [0.05, 0.1) is 11.4 Å². The molecular weight excluding hydrogens is 414 g/mol. The Morgan fingerprint density at radius 3 is 2.32 bits per heavy atom. The minimum atomic E-state index is -3.81. The van der Waals surface area contributed by atoms with E-state index >= 15 is 0 Å². The number of nitrogens with one attached hydrogen (secondary N) is 1. The highest BCUT2D eigenvalue weighted by atomic mass is 32.2. The first-order valence-corrected chi connectivity index (χ1v) is 12.8. The Morgan fingerprint density at radius 2 is 1.71 bits per heavy atom. The van der Waals surface area contributed by atoms with Crippen molar-refractivity contribution in [1.29, 1.82) is 0 Å². The van der Waals surface area contributed by atoms with Crippen molar-refractivity contribution in [2.45, 2.75) is 68.1 Å². The van der Waals surface area contributed by atoms with Crippen LogP contribution in [0.1, 0.15) is 49.7 Å². The third-order valence-corrected chi connectivity index (χ3v) is 9.55. The van der Waals surface area contributed by atoms with Crippen molar-refractivity contribution in [2.75, 3.05) is 32.7 Å². The average molecular weight is 448 g/mol. The Bertz CT molecular complexity index is 957. The smallest absolute Gasteiger partial charge is 0.244 e. The van der Waals surface area contributed by atoms with Crippen molar-refractivity contribution < 1.29 is 18.0 Å². The number of sulfone groups is 1. The Morgan fingerprint density at radius 1 is 1.06 bits per heavy atom. The van der Waals surface area contributed by atoms with Crippen molar-refractivity contribution in [3.63, 3.8) is 0 Å². The zero-order chi connectivity index (χ0) is 22.2. The van der Waals surface area contributed by atoms with E-state index in [4.69, 9.17) is 0 Å². The minimum absolute atomic E-state index is 0.0343. The van der Waals surface area contributed by atoms with Crippen LogP contribution in [-0.4, -0.2) is 73.5 Å². The maximum absolute atomic E-state index is 13.8. The van der Waals surface area contributed by atoms with Gasteiger partial charge in [-0.05, 0) is 56.7 Å². The van der Waals surface area contributed by atoms with Gasteiger partial charge in [-0.3, -0.25) is 14.5 Å². The second-order valence-electron chi connectivity index (χ2n) is 9.38. The number of aryl methyl sites for hydroxylation is 2. The van der Waals surface area contributed by atoms with Gasteiger partial charge in [0, 0.05) is 32.2 Å². The lowest BCUT2D eigenvalue weighted by Gasteiger charge is -2.39. The Kier molecular flexibility index (Phi) is 6.14. The van der Waals surface area contributed by atoms with Crippen LogP contribution in [0, 0.1) is 13.8 Å². The molecule has 0 bridgehead atoms. The quantitative estimate of drug-likeness (QED) is 0.719. The summed E-state index contributed by atoms with van der Waals surface area (Å²) in [6.07, 6.45) is 4.38. The van der Waals surface area contributed by atoms with E-state index in [1.807, 2.05) is 24.0 Å². The monoisotopic (exact) mass is 447 g/mol. The zero-order valence-electron chi connectivity index (χ0n) is 18.5. The third-order valence-electron chi connectivity index (χ3n) is 6.92. The van der Waals surface area contributed by atoms with E-state index in [0.717, 1.165) is 31.2 Å². The van der Waals surface area contributed by atoms with Crippen LogP contribution in [0.25, 0.3) is 0 Å². The number of amides is 2. The van der Waals surface area contributed by atoms with Gasteiger partial charge < -0.3 is 10.2 Å². The van der Waals surface area contributed by atoms with Gasteiger partial charge in [-0.25, -0.2) is 8.42 Å². The van der Waals surface area contributed by atoms with Gasteiger partial charge in [-0.15, -0.1) is 0 Å². The molecule has 0 aromatic heterocycles. The third kappa shape index (κ3) is 4.37. The van der Waals surface area contributed by atoms with E-state index in [-0.39, 0.29) is 16.7 Å². The van der Waals surface area contributed by atoms with Gasteiger partial charge in [0.15, 0.2) is 14.6 Å². The van der Waals surface area contributed by atoms with Crippen LogP contribution in [0.2, 0.25) is 0 Å². The van der Waals surface area contributed by atoms with Crippen LogP contribution < -0.4 is 5.32 Å². The number of carbonyl (C=O) groups is 2. The van der Waals surface area contributed by atoms with Gasteiger partial charge in [-0.1, -0.05) is 25.0 Å². The topological polar surface area (TPSA) is 86.8 Å². The molecule has 0 radical (unpaired) electrons. The molecule has 0 unspecified atom stereocenters. The lowest BCUT2D eigenvalue weighted by Crippen LogP contribution is -2.58. The number of carbonyl (C=O) groups excluding carboxylic acids is 2. The fourth-order valence-corrected chi connectivity index (χ4v) is 7.29. The largest absolute Gasteiger partial charge is 0.352 e. The average Bonchev–Trinajstić information content (AvgIpc) is 3.39. The summed E-state index contributed by atoms with van der Waals surface area (Å²) in [5.74, 6) is -0.222. The lowest BCUT2D eigenvalue weighted by atomic mass is 10.0. The molecule has 2 aliphatic carbocycles. The summed E-state index contributed by atoms with van der Waals surface area (Å²) in [6, 6.07) is 5.76. The zero-order valence-corrected chi connectivity index (χ0v) is 19.3. The van der Waals surface area contributed by atoms with E-state index in [0.29, 0.717) is 57.2 Å². The summed E-state index contributed by atoms with van der Waals surface area (Å²) >= 11 is 0. The summed E-state index contributed by atoms with van der Waals surface area (Å²) in [7, 11) is -3.81. The fourth-order valence-electron chi connectivity index (χ4n) is 4.85. The summed E-state index contributed by atoms with van der Waals surface area (Å²) in [4.78, 5) is 29.8. The summed E-state index contributed by atoms with van der Waals surface area (Å²) in [6.45, 7) is 6.10. The van der Waals surface area contributed by atoms with Gasteiger partial charge in [0.1, 0.15) is 0 Å². The summed E-state index contributed by atoms with van der Waals surface area (Å²) < 4.78 is 26.3. The summed E-state index contributed by atoms with van der Waals surface area (Å²) in [5, 5.41) is 2.99. The molecule has 1 aromatic rings. The molecular formula is C23H33N3O4S. The van der Waals surface area contributed by atoms with Gasteiger partial charge in [-0.2, -0.15) is 0 Å². The van der Waals surface area contributed by atoms with Crippen LogP contribution in [0.3, 0.4) is 0 Å². The number of piperazine rings is 1. The standard InChI is InChI=1S/C23H33N3O4S/c1-17-5-6-18(2)20(15-17)31(29,30)23(9-3-4-10-23)22(28)26-13-11-25(12-14-26)16-21(27)24-19-7-8-19/h5-6,15,19H,3-4,7-14,16H2,1-2H3,(H,24,27). The van der Waals surface area contributed by atoms with Crippen molar-refractivity contribution in [3.05, 3.63) is 29.3 Å². The molecule has 4 rings (SSSR count). The lowest BCUT2D eigenvalue weighted by molar-refractivity contribution is -0.136. The molecule has 3 fully saturated rings. The van der Waals surface area contributed by atoms with Crippen molar-refractivity contribution in [2.24, 2.45) is 0 Å². The molecule has 1 aliphatic heterocycles. The molecule has 7 nitrogen and oxygen atoms in total. The van der Waals surface area contributed by atoms with Crippen molar-refractivity contribution >= 4 is 21.7 Å². The molecule has 2 amide bonds.